The second-order valence-corrected chi connectivity index (χ2v) is 9.02. The predicted octanol–water partition coefficient (Wildman–Crippen LogP) is 1.13. The van der Waals surface area contributed by atoms with Gasteiger partial charge in [0.2, 0.25) is 10.0 Å². The fourth-order valence-electron chi connectivity index (χ4n) is 3.18. The van der Waals surface area contributed by atoms with Crippen molar-refractivity contribution in [1.82, 2.24) is 14.6 Å². The number of pyridine rings is 1. The summed E-state index contributed by atoms with van der Waals surface area (Å²) in [6.45, 7) is 4.28. The molecule has 1 fully saturated rings. The van der Waals surface area contributed by atoms with E-state index in [1.165, 1.54) is 4.31 Å². The standard InChI is InChI=1S/C21H28N4O5S/c1-2-29-18-6-8-19(9-7-18)30-17-21(26)23-11-16-31(27,28)25-14-12-24(13-15-25)20-5-3-4-10-22-20/h3-10H,2,11-17H2,1H3,(H,23,26). The minimum absolute atomic E-state index is 0.0360. The minimum Gasteiger partial charge on any atom is -0.494 e. The predicted molar refractivity (Wildman–Crippen MR) is 118 cm³/mol. The molecule has 2 aromatic rings. The monoisotopic (exact) mass is 448 g/mol. The molecule has 1 aliphatic rings. The normalized spacial score (nSPS) is 14.8. The maximum Gasteiger partial charge on any atom is 0.257 e. The van der Waals surface area contributed by atoms with Crippen LogP contribution in [0.3, 0.4) is 0 Å². The molecule has 1 aromatic heterocycles. The number of piperazine rings is 1. The summed E-state index contributed by atoms with van der Waals surface area (Å²) in [5.41, 5.74) is 0. The molecular weight excluding hydrogens is 420 g/mol. The van der Waals surface area contributed by atoms with Crippen molar-refractivity contribution in [2.24, 2.45) is 0 Å². The zero-order chi connectivity index (χ0) is 22.1. The molecule has 1 amide bonds. The number of carbonyl (C=O) groups is 1. The lowest BCUT2D eigenvalue weighted by Gasteiger charge is -2.34. The highest BCUT2D eigenvalue weighted by Crippen LogP contribution is 2.17. The summed E-state index contributed by atoms with van der Waals surface area (Å²) in [5.74, 6) is 1.59. The van der Waals surface area contributed by atoms with Crippen LogP contribution in [0.15, 0.2) is 48.7 Å². The summed E-state index contributed by atoms with van der Waals surface area (Å²) in [7, 11) is -3.45. The highest BCUT2D eigenvalue weighted by molar-refractivity contribution is 7.89. The van der Waals surface area contributed by atoms with Gasteiger partial charge in [-0.25, -0.2) is 13.4 Å². The maximum absolute atomic E-state index is 12.6. The number of aromatic nitrogens is 1. The molecule has 10 heteroatoms. The van der Waals surface area contributed by atoms with Gasteiger partial charge in [-0.3, -0.25) is 4.79 Å². The molecule has 31 heavy (non-hydrogen) atoms. The van der Waals surface area contributed by atoms with Gasteiger partial charge in [-0.1, -0.05) is 6.07 Å². The van der Waals surface area contributed by atoms with Crippen molar-refractivity contribution in [2.75, 3.05) is 56.6 Å². The fourth-order valence-corrected chi connectivity index (χ4v) is 4.52. The lowest BCUT2D eigenvalue weighted by molar-refractivity contribution is -0.122. The van der Waals surface area contributed by atoms with Crippen molar-refractivity contribution in [3.05, 3.63) is 48.7 Å². The Bertz CT molecular complexity index is 930. The smallest absolute Gasteiger partial charge is 0.257 e. The molecule has 0 bridgehead atoms. The van der Waals surface area contributed by atoms with Gasteiger partial charge < -0.3 is 19.7 Å². The van der Waals surface area contributed by atoms with E-state index < -0.39 is 10.0 Å². The van der Waals surface area contributed by atoms with Gasteiger partial charge in [0.25, 0.3) is 5.91 Å². The SMILES string of the molecule is CCOc1ccc(OCC(=O)NCCS(=O)(=O)N2CCN(c3ccccn3)CC2)cc1. The number of amides is 1. The second-order valence-electron chi connectivity index (χ2n) is 6.93. The van der Waals surface area contributed by atoms with Crippen molar-refractivity contribution < 1.29 is 22.7 Å². The van der Waals surface area contributed by atoms with Gasteiger partial charge >= 0.3 is 0 Å². The number of rotatable bonds is 10. The average molecular weight is 449 g/mol. The Morgan fingerprint density at radius 2 is 1.71 bits per heavy atom. The van der Waals surface area contributed by atoms with Crippen LogP contribution >= 0.6 is 0 Å². The van der Waals surface area contributed by atoms with Gasteiger partial charge in [-0.15, -0.1) is 0 Å². The third kappa shape index (κ3) is 6.83. The molecule has 168 valence electrons. The summed E-state index contributed by atoms with van der Waals surface area (Å²) in [4.78, 5) is 18.3. The van der Waals surface area contributed by atoms with Crippen LogP contribution in [-0.2, 0) is 14.8 Å². The van der Waals surface area contributed by atoms with Crippen LogP contribution in [0, 0.1) is 0 Å². The third-order valence-electron chi connectivity index (χ3n) is 4.79. The van der Waals surface area contributed by atoms with Crippen LogP contribution in [0.25, 0.3) is 0 Å². The first kappa shape index (κ1) is 22.8. The van der Waals surface area contributed by atoms with Crippen molar-refractivity contribution in [3.63, 3.8) is 0 Å². The van der Waals surface area contributed by atoms with Crippen LogP contribution in [0.4, 0.5) is 5.82 Å². The summed E-state index contributed by atoms with van der Waals surface area (Å²) in [6, 6.07) is 12.6. The molecule has 1 aromatic carbocycles. The molecule has 0 radical (unpaired) electrons. The Labute approximate surface area is 183 Å². The molecule has 2 heterocycles. The Balaban J connectivity index is 1.37. The van der Waals surface area contributed by atoms with Crippen molar-refractivity contribution in [2.45, 2.75) is 6.92 Å². The lowest BCUT2D eigenvalue weighted by atomic mass is 10.3. The number of nitrogens with one attached hydrogen (secondary N) is 1. The van der Waals surface area contributed by atoms with Gasteiger partial charge in [0.15, 0.2) is 6.61 Å². The first-order chi connectivity index (χ1) is 15.0. The molecule has 1 N–H and O–H groups in total. The molecular formula is C21H28N4O5S. The topological polar surface area (TPSA) is 101 Å². The number of ether oxygens (including phenoxy) is 2. The summed E-state index contributed by atoms with van der Waals surface area (Å²) in [5, 5.41) is 2.60. The van der Waals surface area contributed by atoms with Gasteiger partial charge in [-0.2, -0.15) is 4.31 Å². The summed E-state index contributed by atoms with van der Waals surface area (Å²) in [6.07, 6.45) is 1.72. The molecule has 0 aliphatic carbocycles. The van der Waals surface area contributed by atoms with Gasteiger partial charge in [0, 0.05) is 38.9 Å². The largest absolute Gasteiger partial charge is 0.494 e. The number of nitrogens with zero attached hydrogens (tertiary/aromatic N) is 3. The van der Waals surface area contributed by atoms with Crippen molar-refractivity contribution in [3.8, 4) is 11.5 Å². The van der Waals surface area contributed by atoms with E-state index in [1.54, 1.807) is 30.5 Å². The Morgan fingerprint density at radius 3 is 2.32 bits per heavy atom. The molecule has 0 saturated carbocycles. The number of benzene rings is 1. The van der Waals surface area contributed by atoms with E-state index in [2.05, 4.69) is 15.2 Å². The average Bonchev–Trinajstić information content (AvgIpc) is 2.79. The molecule has 0 spiro atoms. The number of hydrogen-bond acceptors (Lipinski definition) is 7. The molecule has 0 atom stereocenters. The van der Waals surface area contributed by atoms with E-state index >= 15 is 0 Å². The molecule has 9 nitrogen and oxygen atoms in total. The van der Waals surface area contributed by atoms with E-state index in [4.69, 9.17) is 9.47 Å². The van der Waals surface area contributed by atoms with Crippen molar-refractivity contribution in [1.29, 1.82) is 0 Å². The fraction of sp³-hybridized carbons (Fsp3) is 0.429. The highest BCUT2D eigenvalue weighted by Gasteiger charge is 2.27. The van der Waals surface area contributed by atoms with E-state index in [0.29, 0.717) is 38.5 Å². The van der Waals surface area contributed by atoms with E-state index in [9.17, 15) is 13.2 Å². The maximum atomic E-state index is 12.6. The second kappa shape index (κ2) is 11.0. The summed E-state index contributed by atoms with van der Waals surface area (Å²) >= 11 is 0. The van der Waals surface area contributed by atoms with Gasteiger partial charge in [0.1, 0.15) is 17.3 Å². The van der Waals surface area contributed by atoms with Crippen LogP contribution in [0.1, 0.15) is 6.92 Å². The minimum atomic E-state index is -3.45. The number of hydrogen-bond donors (Lipinski definition) is 1. The number of carbonyl (C=O) groups excluding carboxylic acids is 1. The summed E-state index contributed by atoms with van der Waals surface area (Å²) < 4.78 is 37.4. The number of sulfonamides is 1. The molecule has 0 unspecified atom stereocenters. The van der Waals surface area contributed by atoms with Gasteiger partial charge in [-0.05, 0) is 43.3 Å². The highest BCUT2D eigenvalue weighted by atomic mass is 32.2. The first-order valence-electron chi connectivity index (χ1n) is 10.2. The van der Waals surface area contributed by atoms with E-state index in [1.807, 2.05) is 25.1 Å². The van der Waals surface area contributed by atoms with Crippen LogP contribution < -0.4 is 19.7 Å². The Kier molecular flexibility index (Phi) is 8.07. The molecule has 3 rings (SSSR count). The van der Waals surface area contributed by atoms with E-state index in [-0.39, 0.29) is 24.8 Å². The number of anilines is 1. The van der Waals surface area contributed by atoms with Crippen molar-refractivity contribution >= 4 is 21.7 Å². The van der Waals surface area contributed by atoms with Crippen LogP contribution in [-0.4, -0.2) is 75.3 Å². The lowest BCUT2D eigenvalue weighted by Crippen LogP contribution is -2.50. The van der Waals surface area contributed by atoms with Gasteiger partial charge in [0.05, 0.1) is 12.4 Å². The Morgan fingerprint density at radius 1 is 1.03 bits per heavy atom. The van der Waals surface area contributed by atoms with Crippen LogP contribution in [0.5, 0.6) is 11.5 Å². The van der Waals surface area contributed by atoms with E-state index in [0.717, 1.165) is 11.6 Å². The first-order valence-corrected chi connectivity index (χ1v) is 11.8. The zero-order valence-corrected chi connectivity index (χ0v) is 18.4. The zero-order valence-electron chi connectivity index (χ0n) is 17.6. The third-order valence-corrected chi connectivity index (χ3v) is 6.66. The molecule has 1 saturated heterocycles. The van der Waals surface area contributed by atoms with Crippen LogP contribution in [0.2, 0.25) is 0 Å². The Hall–Kier alpha value is -2.85. The quantitative estimate of drug-likeness (QED) is 0.581. The molecule has 1 aliphatic heterocycles.